The van der Waals surface area contributed by atoms with Gasteiger partial charge in [0.2, 0.25) is 0 Å². The van der Waals surface area contributed by atoms with Crippen LogP contribution >= 0.6 is 0 Å². The van der Waals surface area contributed by atoms with Crippen molar-refractivity contribution in [1.29, 1.82) is 0 Å². The highest BCUT2D eigenvalue weighted by Gasteiger charge is 2.17. The molecule has 0 aliphatic carbocycles. The van der Waals surface area contributed by atoms with Crippen LogP contribution in [-0.4, -0.2) is 10.9 Å². The number of aryl methyl sites for hydroxylation is 2. The second-order valence-electron chi connectivity index (χ2n) is 7.07. The lowest BCUT2D eigenvalue weighted by Gasteiger charge is -2.08. The van der Waals surface area contributed by atoms with Gasteiger partial charge in [0.25, 0.3) is 5.84 Å². The summed E-state index contributed by atoms with van der Waals surface area (Å²) in [6.45, 7) is 4.13. The summed E-state index contributed by atoms with van der Waals surface area (Å²) in [4.78, 5) is 3.44. The Morgan fingerprint density at radius 2 is 1.31 bits per heavy atom. The fourth-order valence-electron chi connectivity index (χ4n) is 3.16. The van der Waals surface area contributed by atoms with Crippen LogP contribution in [-0.2, 0) is 0 Å². The van der Waals surface area contributed by atoms with Crippen LogP contribution in [0.2, 0.25) is 0 Å². The molecule has 29 heavy (non-hydrogen) atoms. The fourth-order valence-corrected chi connectivity index (χ4v) is 3.16. The number of anilines is 1. The zero-order chi connectivity index (χ0) is 19.5. The lowest BCUT2D eigenvalue weighted by atomic mass is 10.0. The van der Waals surface area contributed by atoms with Crippen molar-refractivity contribution in [1.82, 2.24) is 0 Å². The van der Waals surface area contributed by atoms with Crippen molar-refractivity contribution in [3.05, 3.63) is 102 Å². The second-order valence-corrected chi connectivity index (χ2v) is 7.07. The van der Waals surface area contributed by atoms with Gasteiger partial charge in [0.15, 0.2) is 0 Å². The molecule has 4 aromatic rings. The lowest BCUT2D eigenvalue weighted by molar-refractivity contribution is -0.353. The number of phenols is 1. The highest BCUT2D eigenvalue weighted by atomic mass is 35.5. The fraction of sp³-hybridized carbons (Fsp3) is 0.0800. The molecule has 0 aromatic heterocycles. The van der Waals surface area contributed by atoms with Gasteiger partial charge >= 0.3 is 0 Å². The number of halogens is 1. The van der Waals surface area contributed by atoms with Gasteiger partial charge in [0.1, 0.15) is 22.7 Å². The molecule has 0 amide bonds. The Balaban J connectivity index is 0.00000240. The molecular formula is C25H23ClN2O. The molecule has 0 fully saturated rings. The zero-order valence-electron chi connectivity index (χ0n) is 16.4. The lowest BCUT2D eigenvalue weighted by Crippen LogP contribution is -3.00. The zero-order valence-corrected chi connectivity index (χ0v) is 17.2. The third kappa shape index (κ3) is 4.76. The molecule has 3 nitrogen and oxygen atoms in total. The summed E-state index contributed by atoms with van der Waals surface area (Å²) in [5.74, 6) is 0.962. The van der Waals surface area contributed by atoms with E-state index in [1.807, 2.05) is 54.6 Å². The van der Waals surface area contributed by atoms with Crippen LogP contribution in [0.15, 0.2) is 84.9 Å². The van der Waals surface area contributed by atoms with Gasteiger partial charge < -0.3 is 17.5 Å². The number of rotatable bonds is 3. The number of aromatic hydroxyl groups is 1. The first-order valence-electron chi connectivity index (χ1n) is 9.35. The Kier molecular flexibility index (Phi) is 6.20. The minimum absolute atomic E-state index is 0. The van der Waals surface area contributed by atoms with Crippen molar-refractivity contribution in [3.63, 3.8) is 0 Å². The highest BCUT2D eigenvalue weighted by molar-refractivity contribution is 6.09. The second kappa shape index (κ2) is 8.80. The molecule has 0 unspecified atom stereocenters. The molecule has 0 aliphatic rings. The first-order chi connectivity index (χ1) is 13.6. The summed E-state index contributed by atoms with van der Waals surface area (Å²) in [7, 11) is 0. The first-order valence-corrected chi connectivity index (χ1v) is 9.35. The summed E-state index contributed by atoms with van der Waals surface area (Å²) in [6.07, 6.45) is 0. The van der Waals surface area contributed by atoms with Crippen LogP contribution in [0.25, 0.3) is 10.8 Å². The Labute approximate surface area is 177 Å². The maximum Gasteiger partial charge on any atom is 0.288 e. The normalized spacial score (nSPS) is 11.2. The molecule has 4 heteroatoms. The number of nitrogens with one attached hydrogen (secondary N) is 2. The summed E-state index contributed by atoms with van der Waals surface area (Å²) in [5.41, 5.74) is 5.03. The van der Waals surface area contributed by atoms with Crippen LogP contribution in [0.5, 0.6) is 5.75 Å². The van der Waals surface area contributed by atoms with Gasteiger partial charge in [-0.25, -0.2) is 10.3 Å². The maximum absolute atomic E-state index is 10.7. The van der Waals surface area contributed by atoms with E-state index in [4.69, 9.17) is 0 Å². The van der Waals surface area contributed by atoms with Crippen LogP contribution < -0.4 is 22.7 Å². The topological polar surface area (TPSA) is 46.2 Å². The van der Waals surface area contributed by atoms with E-state index in [1.54, 1.807) is 6.07 Å². The molecular weight excluding hydrogens is 380 g/mol. The molecule has 0 saturated carbocycles. The number of amidine groups is 1. The molecule has 4 aromatic carbocycles. The molecule has 0 saturated heterocycles. The monoisotopic (exact) mass is 402 g/mol. The largest absolute Gasteiger partial charge is 1.00 e. The van der Waals surface area contributed by atoms with Gasteiger partial charge in [-0.1, -0.05) is 59.7 Å². The number of phenolic OH excluding ortho intramolecular Hbond substituents is 1. The van der Waals surface area contributed by atoms with Crippen LogP contribution in [0, 0.1) is 13.8 Å². The molecule has 4 rings (SSSR count). The van der Waals surface area contributed by atoms with Gasteiger partial charge in [-0.05, 0) is 61.0 Å². The first kappa shape index (κ1) is 20.4. The van der Waals surface area contributed by atoms with Crippen LogP contribution in [0.1, 0.15) is 16.7 Å². The predicted octanol–water partition coefficient (Wildman–Crippen LogP) is 1.44. The average Bonchev–Trinajstić information content (AvgIpc) is 2.70. The highest BCUT2D eigenvalue weighted by Crippen LogP contribution is 2.25. The van der Waals surface area contributed by atoms with E-state index < -0.39 is 0 Å². The van der Waals surface area contributed by atoms with E-state index in [1.165, 1.54) is 11.1 Å². The molecule has 0 spiro atoms. The Bertz CT molecular complexity index is 1150. The molecule has 0 radical (unpaired) electrons. The SMILES string of the molecule is Cc1ccc(NC(=[NH+]c2ccc(C)cc2)c2cc3ccccc3cc2O)cc1.[Cl-]. The average molecular weight is 403 g/mol. The van der Waals surface area contributed by atoms with Gasteiger partial charge in [0, 0.05) is 0 Å². The minimum atomic E-state index is 0. The predicted molar refractivity (Wildman–Crippen MR) is 116 cm³/mol. The third-order valence-electron chi connectivity index (χ3n) is 4.78. The smallest absolute Gasteiger partial charge is 0.288 e. The van der Waals surface area contributed by atoms with Gasteiger partial charge in [-0.2, -0.15) is 0 Å². The Hall–Kier alpha value is -3.30. The molecule has 0 bridgehead atoms. The van der Waals surface area contributed by atoms with Crippen molar-refractivity contribution >= 4 is 28.0 Å². The van der Waals surface area contributed by atoms with E-state index in [0.717, 1.165) is 33.5 Å². The number of hydrogen-bond donors (Lipinski definition) is 3. The summed E-state index contributed by atoms with van der Waals surface area (Å²) in [5, 5.41) is 16.2. The van der Waals surface area contributed by atoms with E-state index >= 15 is 0 Å². The van der Waals surface area contributed by atoms with Crippen molar-refractivity contribution in [2.45, 2.75) is 13.8 Å². The molecule has 0 aliphatic heterocycles. The van der Waals surface area contributed by atoms with Crippen molar-refractivity contribution in [2.75, 3.05) is 5.32 Å². The van der Waals surface area contributed by atoms with E-state index in [0.29, 0.717) is 0 Å². The van der Waals surface area contributed by atoms with E-state index in [9.17, 15) is 5.11 Å². The third-order valence-corrected chi connectivity index (χ3v) is 4.78. The summed E-state index contributed by atoms with van der Waals surface area (Å²) < 4.78 is 0. The van der Waals surface area contributed by atoms with Crippen molar-refractivity contribution < 1.29 is 22.5 Å². The van der Waals surface area contributed by atoms with E-state index in [-0.39, 0.29) is 18.2 Å². The molecule has 146 valence electrons. The van der Waals surface area contributed by atoms with Crippen molar-refractivity contribution in [3.8, 4) is 5.75 Å². The molecule has 3 N–H and O–H groups in total. The standard InChI is InChI=1S/C25H22N2O.ClH/c1-17-7-11-21(12-8-17)26-25(27-22-13-9-18(2)10-14-22)23-15-19-5-3-4-6-20(19)16-24(23)28;/h3-16,28H,1-2H3,(H,26,27);1H. The number of benzene rings is 4. The summed E-state index contributed by atoms with van der Waals surface area (Å²) in [6, 6.07) is 28.2. The van der Waals surface area contributed by atoms with Gasteiger partial charge in [-0.3, -0.25) is 0 Å². The van der Waals surface area contributed by atoms with Gasteiger partial charge in [-0.15, -0.1) is 0 Å². The maximum atomic E-state index is 10.7. The molecule has 0 atom stereocenters. The molecule has 0 heterocycles. The Morgan fingerprint density at radius 1 is 0.759 bits per heavy atom. The summed E-state index contributed by atoms with van der Waals surface area (Å²) >= 11 is 0. The minimum Gasteiger partial charge on any atom is -1.00 e. The Morgan fingerprint density at radius 3 is 1.93 bits per heavy atom. The van der Waals surface area contributed by atoms with Crippen LogP contribution in [0.3, 0.4) is 0 Å². The number of hydrogen-bond acceptors (Lipinski definition) is 1. The van der Waals surface area contributed by atoms with Crippen molar-refractivity contribution in [2.24, 2.45) is 0 Å². The van der Waals surface area contributed by atoms with Crippen LogP contribution in [0.4, 0.5) is 11.4 Å². The van der Waals surface area contributed by atoms with E-state index in [2.05, 4.69) is 48.4 Å². The quantitative estimate of drug-likeness (QED) is 0.359. The van der Waals surface area contributed by atoms with Gasteiger partial charge in [0.05, 0.1) is 0 Å². The number of fused-ring (bicyclic) bond motifs is 1.